The predicted molar refractivity (Wildman–Crippen MR) is 224 cm³/mol. The summed E-state index contributed by atoms with van der Waals surface area (Å²) < 4.78 is 36.7. The van der Waals surface area contributed by atoms with Crippen LogP contribution in [0.25, 0.3) is 11.0 Å². The van der Waals surface area contributed by atoms with E-state index in [2.05, 4.69) is 29.1 Å². The lowest BCUT2D eigenvalue weighted by Gasteiger charge is -2.42. The number of ether oxygens (including phenoxy) is 4. The van der Waals surface area contributed by atoms with Crippen molar-refractivity contribution >= 4 is 79.1 Å². The molecule has 0 saturated carbocycles. The lowest BCUT2D eigenvalue weighted by molar-refractivity contribution is -0.149. The number of carbonyl (C=O) groups excluding carboxylic acids is 4. The van der Waals surface area contributed by atoms with Gasteiger partial charge in [0.25, 0.3) is 0 Å². The Morgan fingerprint density at radius 2 is 1.76 bits per heavy atom. The molecule has 2 aliphatic heterocycles. The smallest absolute Gasteiger partial charge is 0.420 e. The number of esters is 1. The molecule has 310 valence electrons. The third-order valence-electron chi connectivity index (χ3n) is 9.55. The Bertz CT molecular complexity index is 2220. The molecule has 2 fully saturated rings. The van der Waals surface area contributed by atoms with Crippen LogP contribution in [0.4, 0.5) is 4.79 Å². The Morgan fingerprint density at radius 1 is 1.05 bits per heavy atom. The van der Waals surface area contributed by atoms with E-state index in [1.165, 1.54) is 45.4 Å². The molecule has 2 N–H and O–H groups in total. The van der Waals surface area contributed by atoms with Crippen molar-refractivity contribution in [3.8, 4) is 17.2 Å². The topological polar surface area (TPSA) is 188 Å². The minimum absolute atomic E-state index is 0.00343. The first kappa shape index (κ1) is 43.1. The highest BCUT2D eigenvalue weighted by Gasteiger charge is 2.56. The zero-order chi connectivity index (χ0) is 41.7. The van der Waals surface area contributed by atoms with Crippen LogP contribution in [0, 0.1) is 13.8 Å². The van der Waals surface area contributed by atoms with E-state index in [0.29, 0.717) is 51.8 Å². The van der Waals surface area contributed by atoms with E-state index in [4.69, 9.17) is 18.9 Å². The minimum Gasteiger partial charge on any atom is -0.508 e. The highest BCUT2D eigenvalue weighted by atomic mass is 33.1. The summed E-state index contributed by atoms with van der Waals surface area (Å²) in [5.74, 6) is -0.0961. The second-order valence-electron chi connectivity index (χ2n) is 14.2. The zero-order valence-electron chi connectivity index (χ0n) is 32.8. The second kappa shape index (κ2) is 18.6. The van der Waals surface area contributed by atoms with Gasteiger partial charge in [-0.3, -0.25) is 23.6 Å². The van der Waals surface area contributed by atoms with Gasteiger partial charge in [0.05, 0.1) is 59.8 Å². The number of aromatic hydroxyl groups is 1. The molecule has 2 unspecified atom stereocenters. The van der Waals surface area contributed by atoms with E-state index < -0.39 is 40.7 Å². The summed E-state index contributed by atoms with van der Waals surface area (Å²) in [5, 5.41) is 12.5. The molecule has 2 aromatic carbocycles. The standard InChI is InChI=1S/C39H45N5O10S4/c1-22-19-40-29(23(2)33(22)52-6)20-58(50)37-41-28-17-26(51-5)11-12-30(28)44(37)38(49)54-14-16-56-55-15-13-53-31(46)18-27(24-7-9-25(45)10-8-24)34(47)42-32-35(48)43-21-39(3,4)57-36(32)43/h7-12,17,19,27,32,36,45H,13-16,18,20-21H2,1-6H3,(H,42,47)/t27?,32-,36-,58?/m1/s1. The van der Waals surface area contributed by atoms with Crippen LogP contribution in [0.15, 0.2) is 53.8 Å². The Balaban J connectivity index is 0.982. The molecule has 4 aromatic rings. The largest absolute Gasteiger partial charge is 0.508 e. The van der Waals surface area contributed by atoms with Gasteiger partial charge in [-0.1, -0.05) is 33.7 Å². The van der Waals surface area contributed by atoms with Gasteiger partial charge in [0.1, 0.15) is 41.9 Å². The number of fused-ring (bicyclic) bond motifs is 2. The van der Waals surface area contributed by atoms with Crippen LogP contribution in [0.5, 0.6) is 17.2 Å². The fourth-order valence-electron chi connectivity index (χ4n) is 6.71. The number of β-lactam (4-membered cyclic amide) rings is 1. The predicted octanol–water partition coefficient (Wildman–Crippen LogP) is 5.34. The van der Waals surface area contributed by atoms with E-state index in [-0.39, 0.29) is 52.3 Å². The molecule has 0 radical (unpaired) electrons. The lowest BCUT2D eigenvalue weighted by atomic mass is 9.93. The van der Waals surface area contributed by atoms with Crippen LogP contribution in [0.3, 0.4) is 0 Å². The maximum Gasteiger partial charge on any atom is 0.420 e. The number of nitrogens with zero attached hydrogens (tertiary/aromatic N) is 4. The quantitative estimate of drug-likeness (QED) is 0.0599. The summed E-state index contributed by atoms with van der Waals surface area (Å²) in [5.41, 5.74) is 3.49. The molecule has 4 atom stereocenters. The first-order valence-corrected chi connectivity index (χ1v) is 23.0. The fourth-order valence-corrected chi connectivity index (χ4v) is 11.1. The molecule has 6 rings (SSSR count). The van der Waals surface area contributed by atoms with Crippen molar-refractivity contribution in [3.05, 3.63) is 71.0 Å². The normalized spacial score (nSPS) is 17.9. The number of aryl methyl sites for hydroxylation is 1. The summed E-state index contributed by atoms with van der Waals surface area (Å²) in [6.45, 7) is 8.54. The maximum absolute atomic E-state index is 13.7. The van der Waals surface area contributed by atoms with E-state index in [1.807, 2.05) is 13.8 Å². The van der Waals surface area contributed by atoms with Crippen molar-refractivity contribution < 1.29 is 47.4 Å². The highest BCUT2D eigenvalue weighted by molar-refractivity contribution is 8.76. The lowest BCUT2D eigenvalue weighted by Crippen LogP contribution is -2.67. The van der Waals surface area contributed by atoms with Gasteiger partial charge in [-0.05, 0) is 57.5 Å². The highest BCUT2D eigenvalue weighted by Crippen LogP contribution is 2.46. The molecule has 0 aliphatic carbocycles. The molecule has 2 aromatic heterocycles. The Hall–Kier alpha value is -4.46. The third kappa shape index (κ3) is 9.69. The van der Waals surface area contributed by atoms with Crippen molar-refractivity contribution in [2.75, 3.05) is 45.5 Å². The minimum atomic E-state index is -1.78. The van der Waals surface area contributed by atoms with Crippen molar-refractivity contribution in [1.29, 1.82) is 0 Å². The third-order valence-corrected chi connectivity index (χ3v) is 14.6. The number of rotatable bonds is 17. The summed E-state index contributed by atoms with van der Waals surface area (Å²) >= 11 is 1.63. The number of benzene rings is 2. The van der Waals surface area contributed by atoms with Crippen LogP contribution < -0.4 is 14.8 Å². The van der Waals surface area contributed by atoms with Gasteiger partial charge in [0, 0.05) is 46.2 Å². The summed E-state index contributed by atoms with van der Waals surface area (Å²) in [6.07, 6.45) is 0.661. The number of phenolic OH excluding ortho intramolecular Hbond substituents is 1. The molecular weight excluding hydrogens is 827 g/mol. The molecule has 0 spiro atoms. The number of hydrogen-bond acceptors (Lipinski definition) is 15. The first-order valence-electron chi connectivity index (χ1n) is 18.3. The first-order chi connectivity index (χ1) is 27.7. The fraction of sp³-hybridized carbons (Fsp3) is 0.436. The average Bonchev–Trinajstić information content (AvgIpc) is 3.73. The average molecular weight is 872 g/mol. The molecule has 19 heteroatoms. The van der Waals surface area contributed by atoms with Crippen molar-refractivity contribution in [3.63, 3.8) is 0 Å². The van der Waals surface area contributed by atoms with Gasteiger partial charge in [0.15, 0.2) is 0 Å². The second-order valence-corrected chi connectivity index (χ2v) is 20.0. The van der Waals surface area contributed by atoms with Crippen LogP contribution in [-0.4, -0.2) is 114 Å². The molecule has 0 bridgehead atoms. The molecule has 2 amide bonds. The van der Waals surface area contributed by atoms with Crippen molar-refractivity contribution in [1.82, 2.24) is 24.8 Å². The maximum atomic E-state index is 13.7. The number of amides is 2. The molecule has 2 aliphatic rings. The molecule has 15 nitrogen and oxygen atoms in total. The van der Waals surface area contributed by atoms with Crippen molar-refractivity contribution in [2.24, 2.45) is 0 Å². The van der Waals surface area contributed by atoms with Gasteiger partial charge in [0.2, 0.25) is 17.0 Å². The van der Waals surface area contributed by atoms with Crippen LogP contribution >= 0.6 is 33.3 Å². The van der Waals surface area contributed by atoms with Gasteiger partial charge in [-0.15, -0.1) is 11.8 Å². The van der Waals surface area contributed by atoms with Gasteiger partial charge >= 0.3 is 12.1 Å². The molecular formula is C39H45N5O10S4. The molecule has 4 heterocycles. The van der Waals surface area contributed by atoms with Crippen LogP contribution in [-0.2, 0) is 40.4 Å². The Kier molecular flexibility index (Phi) is 13.9. The van der Waals surface area contributed by atoms with E-state index >= 15 is 0 Å². The SMILES string of the molecule is COc1ccc2c(c1)nc(S(=O)Cc1ncc(C)c(OC)c1C)n2C(=O)OCCSSCCOC(=O)CC(C(=O)N[C@@H]1C(=O)N2CC(C)(C)S[C@H]12)c1ccc(O)cc1. The van der Waals surface area contributed by atoms with Gasteiger partial charge in [-0.25, -0.2) is 14.3 Å². The number of pyridine rings is 1. The number of hydrogen-bond donors (Lipinski definition) is 2. The number of thioether (sulfide) groups is 1. The number of aromatic nitrogens is 3. The summed E-state index contributed by atoms with van der Waals surface area (Å²) in [4.78, 5) is 63.4. The van der Waals surface area contributed by atoms with Gasteiger partial charge < -0.3 is 34.3 Å². The monoisotopic (exact) mass is 871 g/mol. The summed E-state index contributed by atoms with van der Waals surface area (Å²) in [7, 11) is 4.13. The van der Waals surface area contributed by atoms with Crippen LogP contribution in [0.1, 0.15) is 48.6 Å². The number of phenols is 1. The zero-order valence-corrected chi connectivity index (χ0v) is 36.1. The summed E-state index contributed by atoms with van der Waals surface area (Å²) in [6, 6.07) is 10.3. The number of methoxy groups -OCH3 is 2. The Labute approximate surface area is 350 Å². The number of nitrogens with one attached hydrogen (secondary N) is 1. The molecule has 58 heavy (non-hydrogen) atoms. The van der Waals surface area contributed by atoms with Gasteiger partial charge in [-0.2, -0.15) is 0 Å². The number of carbonyl (C=O) groups is 4. The van der Waals surface area contributed by atoms with E-state index in [9.17, 15) is 28.5 Å². The number of imidazole rings is 1. The van der Waals surface area contributed by atoms with Crippen molar-refractivity contribution in [2.45, 2.75) is 67.1 Å². The van der Waals surface area contributed by atoms with Crippen LogP contribution in [0.2, 0.25) is 0 Å². The van der Waals surface area contributed by atoms with E-state index in [1.54, 1.807) is 60.3 Å². The Morgan fingerprint density at radius 3 is 2.45 bits per heavy atom. The molecule has 2 saturated heterocycles. The van der Waals surface area contributed by atoms with E-state index in [0.717, 1.165) is 11.1 Å².